The summed E-state index contributed by atoms with van der Waals surface area (Å²) in [4.78, 5) is 2.10. The third kappa shape index (κ3) is 2.66. The monoisotopic (exact) mass is 254 g/mol. The second-order valence-electron chi connectivity index (χ2n) is 4.24. The van der Waals surface area contributed by atoms with E-state index in [-0.39, 0.29) is 0 Å². The topological polar surface area (TPSA) is 49.8 Å². The van der Waals surface area contributed by atoms with E-state index in [1.54, 1.807) is 23.9 Å². The Balaban J connectivity index is 2.37. The third-order valence-corrected chi connectivity index (χ3v) is 3.94. The second-order valence-corrected chi connectivity index (χ2v) is 5.32. The third-order valence-electron chi connectivity index (χ3n) is 2.69. The normalized spacial score (nSPS) is 10.1. The molecule has 2 nitrogen and oxygen atoms in total. The van der Waals surface area contributed by atoms with Gasteiger partial charge < -0.3 is 5.73 Å². The van der Waals surface area contributed by atoms with E-state index in [0.29, 0.717) is 11.3 Å². The molecule has 0 saturated heterocycles. The molecule has 0 aliphatic rings. The fourth-order valence-corrected chi connectivity index (χ4v) is 2.69. The van der Waals surface area contributed by atoms with Crippen molar-refractivity contribution in [2.45, 2.75) is 23.6 Å². The van der Waals surface area contributed by atoms with Crippen LogP contribution in [0, 0.1) is 25.2 Å². The van der Waals surface area contributed by atoms with E-state index in [0.717, 1.165) is 4.90 Å². The second kappa shape index (κ2) is 5.16. The molecule has 2 aromatic rings. The van der Waals surface area contributed by atoms with Crippen molar-refractivity contribution in [1.29, 1.82) is 5.26 Å². The van der Waals surface area contributed by atoms with E-state index >= 15 is 0 Å². The maximum absolute atomic E-state index is 8.91. The summed E-state index contributed by atoms with van der Waals surface area (Å²) >= 11 is 1.60. The van der Waals surface area contributed by atoms with Crippen LogP contribution in [0.25, 0.3) is 0 Å². The van der Waals surface area contributed by atoms with Gasteiger partial charge in [-0.2, -0.15) is 5.26 Å². The SMILES string of the molecule is Cc1ccc(Sc2cc(C#N)ccc2N)c(C)c1. The molecule has 0 spiro atoms. The molecule has 90 valence electrons. The summed E-state index contributed by atoms with van der Waals surface area (Å²) in [5.41, 5.74) is 9.75. The van der Waals surface area contributed by atoms with Gasteiger partial charge in [0.05, 0.1) is 11.6 Å². The van der Waals surface area contributed by atoms with Crippen LogP contribution in [0.15, 0.2) is 46.2 Å². The molecule has 0 heterocycles. The fraction of sp³-hybridized carbons (Fsp3) is 0.133. The van der Waals surface area contributed by atoms with Gasteiger partial charge in [-0.1, -0.05) is 29.5 Å². The number of nitrogens with two attached hydrogens (primary N) is 1. The standard InChI is InChI=1S/C15H14N2S/c1-10-3-6-14(11(2)7-10)18-15-8-12(9-16)4-5-13(15)17/h3-8H,17H2,1-2H3. The summed E-state index contributed by atoms with van der Waals surface area (Å²) in [6.07, 6.45) is 0. The van der Waals surface area contributed by atoms with Crippen molar-refractivity contribution in [3.05, 3.63) is 53.1 Å². The quantitative estimate of drug-likeness (QED) is 0.827. The molecule has 3 heteroatoms. The number of nitriles is 1. The molecular formula is C15H14N2S. The predicted molar refractivity (Wildman–Crippen MR) is 75.6 cm³/mol. The Kier molecular flexibility index (Phi) is 3.59. The molecule has 0 aliphatic heterocycles. The Morgan fingerprint density at radius 2 is 1.83 bits per heavy atom. The largest absolute Gasteiger partial charge is 0.398 e. The van der Waals surface area contributed by atoms with E-state index in [4.69, 9.17) is 11.0 Å². The molecule has 0 atom stereocenters. The van der Waals surface area contributed by atoms with E-state index in [2.05, 4.69) is 38.1 Å². The average Bonchev–Trinajstić information content (AvgIpc) is 2.35. The lowest BCUT2D eigenvalue weighted by Gasteiger charge is -2.09. The maximum atomic E-state index is 8.91. The lowest BCUT2D eigenvalue weighted by molar-refractivity contribution is 1.26. The highest BCUT2D eigenvalue weighted by atomic mass is 32.2. The first-order valence-corrected chi connectivity index (χ1v) is 6.46. The van der Waals surface area contributed by atoms with Gasteiger partial charge in [-0.25, -0.2) is 0 Å². The summed E-state index contributed by atoms with van der Waals surface area (Å²) in [5.74, 6) is 0. The predicted octanol–water partition coefficient (Wildman–Crippen LogP) is 3.91. The van der Waals surface area contributed by atoms with E-state index in [1.165, 1.54) is 16.0 Å². The van der Waals surface area contributed by atoms with Gasteiger partial charge >= 0.3 is 0 Å². The van der Waals surface area contributed by atoms with Crippen LogP contribution in [0.2, 0.25) is 0 Å². The molecule has 2 rings (SSSR count). The first-order valence-electron chi connectivity index (χ1n) is 5.65. The van der Waals surface area contributed by atoms with Crippen LogP contribution in [-0.2, 0) is 0 Å². The summed E-state index contributed by atoms with van der Waals surface area (Å²) in [5, 5.41) is 8.91. The summed E-state index contributed by atoms with van der Waals surface area (Å²) in [6, 6.07) is 13.8. The summed E-state index contributed by atoms with van der Waals surface area (Å²) in [6.45, 7) is 4.16. The van der Waals surface area contributed by atoms with Gasteiger partial charge in [-0.05, 0) is 43.7 Å². The highest BCUT2D eigenvalue weighted by Gasteiger charge is 2.06. The van der Waals surface area contributed by atoms with Crippen molar-refractivity contribution >= 4 is 17.4 Å². The van der Waals surface area contributed by atoms with Gasteiger partial charge in [0.1, 0.15) is 0 Å². The van der Waals surface area contributed by atoms with Crippen LogP contribution in [0.3, 0.4) is 0 Å². The van der Waals surface area contributed by atoms with Crippen LogP contribution >= 0.6 is 11.8 Å². The van der Waals surface area contributed by atoms with Crippen LogP contribution in [0.1, 0.15) is 16.7 Å². The number of rotatable bonds is 2. The zero-order valence-corrected chi connectivity index (χ0v) is 11.2. The lowest BCUT2D eigenvalue weighted by atomic mass is 10.2. The fourth-order valence-electron chi connectivity index (χ4n) is 1.72. The van der Waals surface area contributed by atoms with E-state index < -0.39 is 0 Å². The molecule has 0 fully saturated rings. The Hall–Kier alpha value is -1.92. The number of nitrogens with zero attached hydrogens (tertiary/aromatic N) is 1. The van der Waals surface area contributed by atoms with Crippen molar-refractivity contribution in [2.24, 2.45) is 0 Å². The zero-order valence-electron chi connectivity index (χ0n) is 10.4. The van der Waals surface area contributed by atoms with Gasteiger partial charge in [0, 0.05) is 15.5 Å². The molecule has 0 radical (unpaired) electrons. The number of aryl methyl sites for hydroxylation is 2. The van der Waals surface area contributed by atoms with Crippen molar-refractivity contribution in [2.75, 3.05) is 5.73 Å². The first-order chi connectivity index (χ1) is 8.60. The Morgan fingerprint density at radius 3 is 2.50 bits per heavy atom. The average molecular weight is 254 g/mol. The van der Waals surface area contributed by atoms with Crippen LogP contribution in [0.5, 0.6) is 0 Å². The molecule has 0 amide bonds. The Morgan fingerprint density at radius 1 is 1.06 bits per heavy atom. The summed E-state index contributed by atoms with van der Waals surface area (Å²) < 4.78 is 0. The van der Waals surface area contributed by atoms with Crippen LogP contribution in [0.4, 0.5) is 5.69 Å². The van der Waals surface area contributed by atoms with Crippen molar-refractivity contribution in [3.8, 4) is 6.07 Å². The zero-order chi connectivity index (χ0) is 13.1. The molecule has 0 aromatic heterocycles. The minimum Gasteiger partial charge on any atom is -0.398 e. The number of benzene rings is 2. The van der Waals surface area contributed by atoms with Gasteiger partial charge in [0.2, 0.25) is 0 Å². The minimum absolute atomic E-state index is 0.636. The number of anilines is 1. The minimum atomic E-state index is 0.636. The molecular weight excluding hydrogens is 240 g/mol. The number of hydrogen-bond acceptors (Lipinski definition) is 3. The molecule has 2 aromatic carbocycles. The number of hydrogen-bond donors (Lipinski definition) is 1. The molecule has 2 N–H and O–H groups in total. The van der Waals surface area contributed by atoms with Gasteiger partial charge in [-0.15, -0.1) is 0 Å². The van der Waals surface area contributed by atoms with Gasteiger partial charge in [0.15, 0.2) is 0 Å². The first kappa shape index (κ1) is 12.5. The molecule has 0 aliphatic carbocycles. The van der Waals surface area contributed by atoms with E-state index in [1.807, 2.05) is 6.07 Å². The van der Waals surface area contributed by atoms with Gasteiger partial charge in [0.25, 0.3) is 0 Å². The lowest BCUT2D eigenvalue weighted by Crippen LogP contribution is -1.90. The molecule has 0 unspecified atom stereocenters. The van der Waals surface area contributed by atoms with Gasteiger partial charge in [-0.3, -0.25) is 0 Å². The number of nitrogen functional groups attached to an aromatic ring is 1. The van der Waals surface area contributed by atoms with Crippen LogP contribution < -0.4 is 5.73 Å². The van der Waals surface area contributed by atoms with Crippen molar-refractivity contribution in [3.63, 3.8) is 0 Å². The van der Waals surface area contributed by atoms with Crippen molar-refractivity contribution in [1.82, 2.24) is 0 Å². The summed E-state index contributed by atoms with van der Waals surface area (Å²) in [7, 11) is 0. The highest BCUT2D eigenvalue weighted by Crippen LogP contribution is 2.34. The van der Waals surface area contributed by atoms with Crippen LogP contribution in [-0.4, -0.2) is 0 Å². The smallest absolute Gasteiger partial charge is 0.0992 e. The molecule has 0 bridgehead atoms. The molecule has 0 saturated carbocycles. The van der Waals surface area contributed by atoms with E-state index in [9.17, 15) is 0 Å². The van der Waals surface area contributed by atoms with Crippen molar-refractivity contribution < 1.29 is 0 Å². The maximum Gasteiger partial charge on any atom is 0.0992 e. The highest BCUT2D eigenvalue weighted by molar-refractivity contribution is 7.99. The Labute approximate surface area is 111 Å². The molecule has 18 heavy (non-hydrogen) atoms. The Bertz CT molecular complexity index is 627.